The Morgan fingerprint density at radius 3 is 2.64 bits per heavy atom. The minimum Gasteiger partial charge on any atom is -0.321 e. The van der Waals surface area contributed by atoms with Gasteiger partial charge in [-0.25, -0.2) is 0 Å². The van der Waals surface area contributed by atoms with Gasteiger partial charge in [0.25, 0.3) is 0 Å². The molecule has 0 saturated heterocycles. The van der Waals surface area contributed by atoms with Crippen LogP contribution in [0.3, 0.4) is 0 Å². The number of hydrogen-bond acceptors (Lipinski definition) is 2. The Kier molecular flexibility index (Phi) is 7.77. The molecule has 0 aromatic rings. The molecule has 1 N–H and O–H groups in total. The van der Waals surface area contributed by atoms with Crippen LogP contribution in [0.5, 0.6) is 0 Å². The predicted octanol–water partition coefficient (Wildman–Crippen LogP) is 3.47. The molecule has 0 aliphatic carbocycles. The molecule has 4 heteroatoms. The van der Waals surface area contributed by atoms with Crippen LogP contribution in [0, 0.1) is 0 Å². The highest BCUT2D eigenvalue weighted by atomic mass is 31.2. The van der Waals surface area contributed by atoms with Crippen molar-refractivity contribution in [3.8, 4) is 0 Å². The van der Waals surface area contributed by atoms with Crippen LogP contribution in [-0.2, 0) is 9.09 Å². The maximum atomic E-state index is 10.9. The summed E-state index contributed by atoms with van der Waals surface area (Å²) in [6, 6.07) is 0. The summed E-state index contributed by atoms with van der Waals surface area (Å²) in [4.78, 5) is 8.96. The highest BCUT2D eigenvalue weighted by Crippen LogP contribution is 2.42. The van der Waals surface area contributed by atoms with Crippen molar-refractivity contribution in [2.45, 2.75) is 32.6 Å². The molecule has 0 amide bonds. The van der Waals surface area contributed by atoms with E-state index in [1.807, 2.05) is 6.08 Å². The third-order valence-corrected chi connectivity index (χ3v) is 2.70. The zero-order valence-electron chi connectivity index (χ0n) is 8.69. The topological polar surface area (TPSA) is 46.5 Å². The molecule has 3 nitrogen and oxygen atoms in total. The minimum absolute atomic E-state index is 0.266. The van der Waals surface area contributed by atoms with E-state index < -0.39 is 7.60 Å². The molecule has 0 aromatic heterocycles. The number of rotatable bonds is 8. The first-order chi connectivity index (χ1) is 6.62. The Morgan fingerprint density at radius 2 is 2.07 bits per heavy atom. The molecule has 0 fully saturated rings. The molecule has 82 valence electrons. The lowest BCUT2D eigenvalue weighted by Crippen LogP contribution is -1.88. The minimum atomic E-state index is -3.50. The summed E-state index contributed by atoms with van der Waals surface area (Å²) in [5, 5.41) is 0. The molecular formula is C10H19O3P. The van der Waals surface area contributed by atoms with Gasteiger partial charge < -0.3 is 9.42 Å². The van der Waals surface area contributed by atoms with Crippen LogP contribution >= 0.6 is 7.60 Å². The fourth-order valence-corrected chi connectivity index (χ4v) is 1.33. The molecule has 0 bridgehead atoms. The van der Waals surface area contributed by atoms with Gasteiger partial charge in [0, 0.05) is 5.82 Å². The van der Waals surface area contributed by atoms with Crippen LogP contribution in [0.25, 0.3) is 0 Å². The van der Waals surface area contributed by atoms with Crippen molar-refractivity contribution < 1.29 is 14.0 Å². The van der Waals surface area contributed by atoms with Gasteiger partial charge in [0.05, 0.1) is 6.61 Å². The third kappa shape index (κ3) is 8.24. The van der Waals surface area contributed by atoms with E-state index in [4.69, 9.17) is 9.42 Å². The zero-order valence-corrected chi connectivity index (χ0v) is 9.58. The lowest BCUT2D eigenvalue weighted by molar-refractivity contribution is 0.273. The largest absolute Gasteiger partial charge is 0.351 e. The summed E-state index contributed by atoms with van der Waals surface area (Å²) in [5.41, 5.74) is 0. The van der Waals surface area contributed by atoms with Gasteiger partial charge in [-0.3, -0.25) is 4.57 Å². The fourth-order valence-electron chi connectivity index (χ4n) is 0.862. The molecular weight excluding hydrogens is 199 g/mol. The summed E-state index contributed by atoms with van der Waals surface area (Å²) in [5.74, 6) is 0.952. The van der Waals surface area contributed by atoms with E-state index in [1.54, 1.807) is 0 Å². The van der Waals surface area contributed by atoms with Gasteiger partial charge in [0.1, 0.15) is 0 Å². The summed E-state index contributed by atoms with van der Waals surface area (Å²) in [7, 11) is -3.50. The van der Waals surface area contributed by atoms with Crippen LogP contribution < -0.4 is 0 Å². The van der Waals surface area contributed by atoms with Gasteiger partial charge in [-0.2, -0.15) is 0 Å². The normalized spacial score (nSPS) is 15.6. The van der Waals surface area contributed by atoms with E-state index >= 15 is 0 Å². The van der Waals surface area contributed by atoms with E-state index in [9.17, 15) is 4.57 Å². The molecule has 1 atom stereocenters. The molecule has 0 heterocycles. The van der Waals surface area contributed by atoms with E-state index in [0.29, 0.717) is 6.42 Å². The summed E-state index contributed by atoms with van der Waals surface area (Å²) < 4.78 is 15.6. The lowest BCUT2D eigenvalue weighted by atomic mass is 10.2. The maximum Gasteiger partial charge on any atom is 0.351 e. The zero-order chi connectivity index (χ0) is 10.9. The van der Waals surface area contributed by atoms with Crippen LogP contribution in [0.2, 0.25) is 0 Å². The molecule has 0 rings (SSSR count). The van der Waals surface area contributed by atoms with Crippen LogP contribution in [-0.4, -0.2) is 11.5 Å². The van der Waals surface area contributed by atoms with Crippen molar-refractivity contribution in [3.63, 3.8) is 0 Å². The maximum absolute atomic E-state index is 10.9. The predicted molar refractivity (Wildman–Crippen MR) is 59.3 cm³/mol. The monoisotopic (exact) mass is 218 g/mol. The lowest BCUT2D eigenvalue weighted by Gasteiger charge is -2.04. The van der Waals surface area contributed by atoms with Crippen LogP contribution in [0.4, 0.5) is 0 Å². The van der Waals surface area contributed by atoms with Gasteiger partial charge in [-0.15, -0.1) is 0 Å². The Bertz CT molecular complexity index is 223. The Morgan fingerprint density at radius 1 is 1.43 bits per heavy atom. The van der Waals surface area contributed by atoms with Crippen molar-refractivity contribution in [3.05, 3.63) is 24.5 Å². The van der Waals surface area contributed by atoms with E-state index in [0.717, 1.165) is 12.2 Å². The standard InChI is InChI=1S/C10H19O3P/c1-3-5-6-7-8-9-10-13-14(11,12)4-2/h4,7-8H,2-3,5-6,9-10H2,1H3,(H,11,12)/b8-7-. The second-order valence-corrected chi connectivity index (χ2v) is 4.73. The molecule has 0 aromatic carbocycles. The summed E-state index contributed by atoms with van der Waals surface area (Å²) >= 11 is 0. The van der Waals surface area contributed by atoms with Crippen molar-refractivity contribution in [1.82, 2.24) is 0 Å². The molecule has 1 unspecified atom stereocenters. The summed E-state index contributed by atoms with van der Waals surface area (Å²) in [6.45, 7) is 5.62. The van der Waals surface area contributed by atoms with Gasteiger partial charge in [-0.1, -0.05) is 38.5 Å². The second-order valence-electron chi connectivity index (χ2n) is 2.98. The molecule has 0 radical (unpaired) electrons. The van der Waals surface area contributed by atoms with Gasteiger partial charge in [0.2, 0.25) is 0 Å². The average Bonchev–Trinajstić information content (AvgIpc) is 2.16. The van der Waals surface area contributed by atoms with E-state index in [1.165, 1.54) is 12.8 Å². The van der Waals surface area contributed by atoms with E-state index in [-0.39, 0.29) is 6.61 Å². The van der Waals surface area contributed by atoms with Crippen molar-refractivity contribution in [2.75, 3.05) is 6.61 Å². The first-order valence-electron chi connectivity index (χ1n) is 4.88. The highest BCUT2D eigenvalue weighted by molar-refractivity contribution is 7.56. The Hall–Kier alpha value is -0.370. The van der Waals surface area contributed by atoms with Crippen molar-refractivity contribution in [1.29, 1.82) is 0 Å². The van der Waals surface area contributed by atoms with Crippen LogP contribution in [0.15, 0.2) is 24.5 Å². The SMILES string of the molecule is C=CP(=O)(O)OCC/C=C\CCCC. The first-order valence-corrected chi connectivity index (χ1v) is 6.52. The van der Waals surface area contributed by atoms with Gasteiger partial charge in [0.15, 0.2) is 0 Å². The average molecular weight is 218 g/mol. The van der Waals surface area contributed by atoms with Crippen LogP contribution in [0.1, 0.15) is 32.6 Å². The molecule has 0 spiro atoms. The third-order valence-electron chi connectivity index (χ3n) is 1.68. The van der Waals surface area contributed by atoms with Crippen molar-refractivity contribution in [2.24, 2.45) is 0 Å². The fraction of sp³-hybridized carbons (Fsp3) is 0.600. The number of allylic oxidation sites excluding steroid dienone is 1. The summed E-state index contributed by atoms with van der Waals surface area (Å²) in [6.07, 6.45) is 8.14. The number of unbranched alkanes of at least 4 members (excludes halogenated alkanes) is 2. The Balaban J connectivity index is 3.42. The molecule has 0 saturated carbocycles. The number of hydrogen-bond donors (Lipinski definition) is 1. The molecule has 0 aliphatic rings. The smallest absolute Gasteiger partial charge is 0.321 e. The van der Waals surface area contributed by atoms with E-state index in [2.05, 4.69) is 19.6 Å². The Labute approximate surface area is 86.0 Å². The highest BCUT2D eigenvalue weighted by Gasteiger charge is 2.11. The second kappa shape index (κ2) is 7.98. The molecule has 0 aliphatic heterocycles. The van der Waals surface area contributed by atoms with Gasteiger partial charge >= 0.3 is 7.60 Å². The quantitative estimate of drug-likeness (QED) is 0.385. The van der Waals surface area contributed by atoms with Gasteiger partial charge in [-0.05, 0) is 12.8 Å². The van der Waals surface area contributed by atoms with Crippen molar-refractivity contribution >= 4 is 7.60 Å². The first kappa shape index (κ1) is 13.6. The molecule has 14 heavy (non-hydrogen) atoms.